The standard InChI is InChI=1S/2C20H19N3O4S2.C18H17N3O4S2.2CH4/c1-18(9-21)8-20-17(25)22(12-4-5-12)19(2,28-29-20)16(24)23(20)15(18)11-3-6-13-14(7-11)27-10-26-13;1-4-7-22-17(25)20-9-18(2,10-21)15(23(20)16(24)19(22,3)28-29-20)12-5-6-13-14(8-12)27-11-26-13;1-16(8-19)7-18-15(23)20(3)17(2,26-27-18)14(22)21(18)13(16)10-4-5-11-12(6-10)25-9-24-11;;/h3,6-7,12,15H,4-5,8,10H2,1-2H3;4-6,8,15H,1,7,9,11H2,2-3H3;4-6,13H,7,9H2,1-3H3;2*1H4/t2*15-,18+,19+,20-;13-,16+,17-,18-;;/m001../s1. The summed E-state index contributed by atoms with van der Waals surface area (Å²) < 4.78 is 32.7. The van der Waals surface area contributed by atoms with Crippen LogP contribution in [0.3, 0.4) is 0 Å². The molecule has 15 aliphatic heterocycles. The van der Waals surface area contributed by atoms with Gasteiger partial charge in [-0.2, -0.15) is 15.8 Å². The van der Waals surface area contributed by atoms with Crippen molar-refractivity contribution in [3.05, 3.63) is 83.9 Å². The first-order valence-corrected chi connectivity index (χ1v) is 34.0. The Morgan fingerprint density at radius 1 is 0.483 bits per heavy atom. The summed E-state index contributed by atoms with van der Waals surface area (Å²) in [5.41, 5.74) is -0.363. The van der Waals surface area contributed by atoms with E-state index in [0.29, 0.717) is 47.5 Å². The molecular formula is C60H63N9O12S6. The maximum absolute atomic E-state index is 13.8. The molecule has 19 rings (SSSR count). The van der Waals surface area contributed by atoms with Crippen LogP contribution in [0, 0.1) is 50.2 Å². The predicted molar refractivity (Wildman–Crippen MR) is 328 cm³/mol. The first kappa shape index (κ1) is 60.9. The summed E-state index contributed by atoms with van der Waals surface area (Å²) in [4.78, 5) is 85.5. The van der Waals surface area contributed by atoms with Crippen LogP contribution in [0.5, 0.6) is 34.5 Å². The van der Waals surface area contributed by atoms with Gasteiger partial charge in [0.15, 0.2) is 63.7 Å². The van der Waals surface area contributed by atoms with Crippen molar-refractivity contribution in [1.29, 1.82) is 15.8 Å². The summed E-state index contributed by atoms with van der Waals surface area (Å²) in [5, 5.41) is 30.3. The van der Waals surface area contributed by atoms with Gasteiger partial charge in [0.05, 0.1) is 52.6 Å². The van der Waals surface area contributed by atoms with Crippen molar-refractivity contribution in [3.63, 3.8) is 0 Å². The number of hydrogen-bond acceptors (Lipinski definition) is 21. The van der Waals surface area contributed by atoms with E-state index in [2.05, 4.69) is 24.8 Å². The van der Waals surface area contributed by atoms with Gasteiger partial charge in [0.25, 0.3) is 35.4 Å². The van der Waals surface area contributed by atoms with Gasteiger partial charge in [-0.25, -0.2) is 0 Å². The Morgan fingerprint density at radius 2 is 0.828 bits per heavy atom. The van der Waals surface area contributed by atoms with E-state index in [9.17, 15) is 44.6 Å². The molecule has 27 heteroatoms. The van der Waals surface area contributed by atoms with E-state index in [1.165, 1.54) is 69.7 Å². The molecule has 0 unspecified atom stereocenters. The lowest BCUT2D eigenvalue weighted by atomic mass is 9.79. The van der Waals surface area contributed by atoms with Gasteiger partial charge in [-0.3, -0.25) is 28.8 Å². The van der Waals surface area contributed by atoms with E-state index in [1.54, 1.807) is 58.7 Å². The molecule has 87 heavy (non-hydrogen) atoms. The lowest BCUT2D eigenvalue weighted by Crippen LogP contribution is -2.75. The van der Waals surface area contributed by atoms with Crippen LogP contribution in [0.2, 0.25) is 0 Å². The Kier molecular flexibility index (Phi) is 14.0. The van der Waals surface area contributed by atoms with Crippen LogP contribution in [0.4, 0.5) is 0 Å². The molecule has 6 bridgehead atoms. The minimum Gasteiger partial charge on any atom is -0.454 e. The second-order valence-electron chi connectivity index (χ2n) is 24.5. The van der Waals surface area contributed by atoms with Gasteiger partial charge in [0.2, 0.25) is 20.4 Å². The first-order valence-electron chi connectivity index (χ1n) is 27.5. The normalized spacial score (nSPS) is 37.6. The molecular weight excluding hydrogens is 1230 g/mol. The maximum Gasteiger partial charge on any atom is 0.261 e. The molecule has 0 aromatic heterocycles. The van der Waals surface area contributed by atoms with E-state index < -0.39 is 63.6 Å². The number of piperazine rings is 3. The Labute approximate surface area is 527 Å². The Morgan fingerprint density at radius 3 is 1.22 bits per heavy atom. The molecule has 456 valence electrons. The van der Waals surface area contributed by atoms with Crippen molar-refractivity contribution in [2.75, 3.05) is 34.0 Å². The molecule has 16 aliphatic rings. The number of ether oxygens (including phenoxy) is 6. The molecule has 1 saturated carbocycles. The molecule has 3 aromatic rings. The van der Waals surface area contributed by atoms with Crippen LogP contribution >= 0.6 is 64.8 Å². The Hall–Kier alpha value is -6.41. The van der Waals surface area contributed by atoms with Crippen molar-refractivity contribution in [2.45, 2.75) is 142 Å². The minimum absolute atomic E-state index is 0. The van der Waals surface area contributed by atoms with Crippen LogP contribution in [0.15, 0.2) is 67.3 Å². The number of carbonyl (C=O) groups excluding carboxylic acids is 6. The second-order valence-corrected chi connectivity index (χ2v) is 32.9. The number of benzene rings is 3. The van der Waals surface area contributed by atoms with Crippen molar-refractivity contribution < 1.29 is 57.2 Å². The number of fused-ring (bicyclic) bond motifs is 9. The lowest BCUT2D eigenvalue weighted by Gasteiger charge is -2.58. The quantitative estimate of drug-likeness (QED) is 0.164. The van der Waals surface area contributed by atoms with Gasteiger partial charge in [0.1, 0.15) is 0 Å². The van der Waals surface area contributed by atoms with Gasteiger partial charge >= 0.3 is 0 Å². The van der Waals surface area contributed by atoms with Gasteiger partial charge < -0.3 is 57.8 Å². The fourth-order valence-electron chi connectivity index (χ4n) is 14.5. The first-order chi connectivity index (χ1) is 40.4. The number of hydrogen-bond donors (Lipinski definition) is 0. The molecule has 15 heterocycles. The molecule has 0 N–H and O–H groups in total. The van der Waals surface area contributed by atoms with Crippen molar-refractivity contribution >= 4 is 100 Å². The zero-order valence-corrected chi connectivity index (χ0v) is 51.9. The van der Waals surface area contributed by atoms with Crippen LogP contribution in [-0.2, 0) is 28.8 Å². The highest BCUT2D eigenvalue weighted by Crippen LogP contribution is 2.73. The third-order valence-corrected chi connectivity index (χ3v) is 29.9. The van der Waals surface area contributed by atoms with Gasteiger partial charge in [-0.1, -0.05) is 104 Å². The van der Waals surface area contributed by atoms with E-state index in [1.807, 2.05) is 75.1 Å². The Bertz CT molecular complexity index is 3730. The monoisotopic (exact) mass is 1290 g/mol. The Balaban J connectivity index is 0.000000126. The number of likely N-dealkylation sites (N-methyl/N-ethyl adjacent to an activating group) is 1. The number of amides is 6. The number of nitrogens with zero attached hydrogens (tertiary/aromatic N) is 9. The van der Waals surface area contributed by atoms with Gasteiger partial charge in [-0.05, 0) is 107 Å². The molecule has 13 fully saturated rings. The average Bonchev–Trinajstić information content (AvgIpc) is 1.59. The summed E-state index contributed by atoms with van der Waals surface area (Å²) in [5.74, 6) is 3.11. The van der Waals surface area contributed by atoms with Crippen LogP contribution < -0.4 is 28.4 Å². The van der Waals surface area contributed by atoms with Crippen molar-refractivity contribution in [1.82, 2.24) is 29.4 Å². The number of carbonyl (C=O) groups is 6. The number of nitriles is 3. The summed E-state index contributed by atoms with van der Waals surface area (Å²) >= 11 is 0. The third-order valence-electron chi connectivity index (χ3n) is 19.0. The van der Waals surface area contributed by atoms with Crippen LogP contribution in [0.1, 0.15) is 123 Å². The highest BCUT2D eigenvalue weighted by Gasteiger charge is 2.79. The predicted octanol–water partition coefficient (Wildman–Crippen LogP) is 9.86. The highest BCUT2D eigenvalue weighted by atomic mass is 33.1. The molecule has 3 aromatic carbocycles. The minimum atomic E-state index is -1.10. The molecule has 6 amide bonds. The van der Waals surface area contributed by atoms with Crippen molar-refractivity contribution in [2.24, 2.45) is 16.2 Å². The fraction of sp³-hybridized carbons (Fsp3) is 0.517. The average molecular weight is 1290 g/mol. The van der Waals surface area contributed by atoms with Crippen LogP contribution in [-0.4, -0.2) is 134 Å². The van der Waals surface area contributed by atoms with Gasteiger partial charge in [-0.15, -0.1) is 6.58 Å². The van der Waals surface area contributed by atoms with E-state index >= 15 is 0 Å². The van der Waals surface area contributed by atoms with Crippen LogP contribution in [0.25, 0.3) is 0 Å². The number of rotatable bonds is 6. The van der Waals surface area contributed by atoms with E-state index in [4.69, 9.17) is 28.4 Å². The summed E-state index contributed by atoms with van der Waals surface area (Å²) in [6, 6.07) is 22.3. The molecule has 3 spiro atoms. The fourth-order valence-corrected chi connectivity index (χ4v) is 25.2. The van der Waals surface area contributed by atoms with E-state index in [-0.39, 0.29) is 89.6 Å². The smallest absolute Gasteiger partial charge is 0.261 e. The summed E-state index contributed by atoms with van der Waals surface area (Å²) in [6.45, 7) is 15.4. The largest absolute Gasteiger partial charge is 0.454 e. The SMILES string of the molecule is C.C.C=CCN1C(=O)[C@@]23C[C@](C)(C#N)[C@H](c4ccc5c(c4)OCO5)N2C(=O)[C@@]1(C)SS3.CN1C(=O)[C@]23C[C@@](C)(C#N)[C@@H](c4ccc5c(c4)OCO5)N2C(=O)[C@@]1(C)SS3.C[C@]1(C#N)C[C@@]23SS[C@](C)(C(=O)N2[C@H]1c1ccc2c(c1)OCO2)N(C1CC1)C3=O. The van der Waals surface area contributed by atoms with E-state index in [0.717, 1.165) is 29.5 Å². The molecule has 12 atom stereocenters. The lowest BCUT2D eigenvalue weighted by molar-refractivity contribution is -0.166. The summed E-state index contributed by atoms with van der Waals surface area (Å²) in [7, 11) is 10.2. The molecule has 0 radical (unpaired) electrons. The maximum atomic E-state index is 13.8. The summed E-state index contributed by atoms with van der Waals surface area (Å²) in [6.07, 6.45) is 4.39. The second kappa shape index (κ2) is 20.0. The molecule has 21 nitrogen and oxygen atoms in total. The zero-order chi connectivity index (χ0) is 60.0. The topological polar surface area (TPSA) is 249 Å². The van der Waals surface area contributed by atoms with Gasteiger partial charge in [0, 0.05) is 38.9 Å². The molecule has 1 aliphatic carbocycles. The third kappa shape index (κ3) is 7.88. The van der Waals surface area contributed by atoms with Crippen molar-refractivity contribution in [3.8, 4) is 52.7 Å². The zero-order valence-electron chi connectivity index (χ0n) is 47.0. The highest BCUT2D eigenvalue weighted by molar-refractivity contribution is 8.79. The molecule has 12 saturated heterocycles.